The predicted molar refractivity (Wildman–Crippen MR) is 148 cm³/mol. The van der Waals surface area contributed by atoms with E-state index >= 15 is 0 Å². The van der Waals surface area contributed by atoms with Gasteiger partial charge in [-0.15, -0.1) is 0 Å². The molecule has 0 radical (unpaired) electrons. The summed E-state index contributed by atoms with van der Waals surface area (Å²) in [5, 5.41) is 5.97. The van der Waals surface area contributed by atoms with Gasteiger partial charge in [-0.1, -0.05) is 148 Å². The van der Waals surface area contributed by atoms with E-state index in [4.69, 9.17) is 0 Å². The molecule has 0 heterocycles. The number of rotatable bonds is 8. The van der Waals surface area contributed by atoms with Crippen molar-refractivity contribution in [1.82, 2.24) is 0 Å². The first-order valence-corrected chi connectivity index (χ1v) is 14.6. The molecule has 0 aliphatic carbocycles. The van der Waals surface area contributed by atoms with Crippen LogP contribution in [-0.4, -0.2) is 12.3 Å². The minimum Gasteiger partial charge on any atom is -0.0650 e. The largest absolute Gasteiger partial charge is 0.0650 e. The van der Waals surface area contributed by atoms with Crippen LogP contribution in [0.2, 0.25) is 0 Å². The van der Waals surface area contributed by atoms with Crippen LogP contribution in [-0.2, 0) is 16.5 Å². The molecule has 4 aromatic rings. The fourth-order valence-electron chi connectivity index (χ4n) is 3.69. The normalized spacial score (nSPS) is 10.3. The van der Waals surface area contributed by atoms with Gasteiger partial charge in [0.2, 0.25) is 0 Å². The summed E-state index contributed by atoms with van der Waals surface area (Å²) < 4.78 is 0. The van der Waals surface area contributed by atoms with Crippen molar-refractivity contribution in [2.75, 3.05) is 12.3 Å². The Kier molecular flexibility index (Phi) is 13.3. The van der Waals surface area contributed by atoms with E-state index in [0.29, 0.717) is 0 Å². The molecule has 0 nitrogen and oxygen atoms in total. The molecule has 174 valence electrons. The maximum atomic E-state index is 2.27. The molecule has 4 rings (SSSR count). The van der Waals surface area contributed by atoms with E-state index < -0.39 is 0 Å². The minimum absolute atomic E-state index is 0. The summed E-state index contributed by atoms with van der Waals surface area (Å²) in [5.41, 5.74) is 0. The van der Waals surface area contributed by atoms with Gasteiger partial charge in [0.05, 0.1) is 0 Å². The van der Waals surface area contributed by atoms with Gasteiger partial charge in [0.15, 0.2) is 0 Å². The van der Waals surface area contributed by atoms with Crippen LogP contribution in [0.5, 0.6) is 0 Å². The molecule has 0 saturated heterocycles. The molecule has 3 heteroatoms. The molecule has 0 aliphatic rings. The molecule has 0 atom stereocenters. The Labute approximate surface area is 213 Å². The van der Waals surface area contributed by atoms with Crippen molar-refractivity contribution in [3.63, 3.8) is 0 Å². The van der Waals surface area contributed by atoms with Crippen LogP contribution in [0.25, 0.3) is 0 Å². The van der Waals surface area contributed by atoms with Gasteiger partial charge < -0.3 is 0 Å². The van der Waals surface area contributed by atoms with Gasteiger partial charge in [-0.05, 0) is 49.4 Å². The van der Waals surface area contributed by atoms with Gasteiger partial charge in [-0.2, -0.15) is 0 Å². The zero-order valence-corrected chi connectivity index (χ0v) is 22.4. The Bertz CT molecular complexity index is 828. The summed E-state index contributed by atoms with van der Waals surface area (Å²) in [5.74, 6) is 0. The van der Waals surface area contributed by atoms with Gasteiger partial charge >= 0.3 is 0 Å². The standard InChI is InChI=1S/2C15H17P.Ni/c2*1-2-13-16(14-9-5-3-6-10-14)15-11-7-4-8-12-15;/h2*3-12H,2,13H2,1H3;. The Morgan fingerprint density at radius 3 is 0.788 bits per heavy atom. The molecule has 4 aromatic carbocycles. The molecule has 0 N–H and O–H groups in total. The number of hydrogen-bond acceptors (Lipinski definition) is 0. The zero-order chi connectivity index (χ0) is 22.4. The van der Waals surface area contributed by atoms with Crippen LogP contribution in [0.3, 0.4) is 0 Å². The molecular formula is C30H34NiP2. The minimum atomic E-state index is -0.151. The average Bonchev–Trinajstić information content (AvgIpc) is 2.88. The van der Waals surface area contributed by atoms with Crippen molar-refractivity contribution in [1.29, 1.82) is 0 Å². The van der Waals surface area contributed by atoms with E-state index in [1.54, 1.807) is 0 Å². The van der Waals surface area contributed by atoms with Crippen LogP contribution >= 0.6 is 15.8 Å². The van der Waals surface area contributed by atoms with Crippen molar-refractivity contribution in [2.45, 2.75) is 26.7 Å². The topological polar surface area (TPSA) is 0 Å². The Balaban J connectivity index is 0.000000227. The first-order valence-electron chi connectivity index (χ1n) is 11.6. The van der Waals surface area contributed by atoms with E-state index in [1.165, 1.54) is 46.4 Å². The first kappa shape index (κ1) is 27.5. The quantitative estimate of drug-likeness (QED) is 0.174. The second-order valence-corrected chi connectivity index (χ2v) is 12.3. The van der Waals surface area contributed by atoms with Gasteiger partial charge in [-0.3, -0.25) is 0 Å². The van der Waals surface area contributed by atoms with Crippen LogP contribution in [0.1, 0.15) is 26.7 Å². The van der Waals surface area contributed by atoms with E-state index in [1.807, 2.05) is 0 Å². The van der Waals surface area contributed by atoms with E-state index in [-0.39, 0.29) is 32.3 Å². The van der Waals surface area contributed by atoms with Crippen molar-refractivity contribution < 1.29 is 16.5 Å². The Morgan fingerprint density at radius 1 is 0.394 bits per heavy atom. The van der Waals surface area contributed by atoms with Gasteiger partial charge in [0.1, 0.15) is 0 Å². The maximum Gasteiger partial charge on any atom is 0 e. The third kappa shape index (κ3) is 8.83. The summed E-state index contributed by atoms with van der Waals surface area (Å²) in [4.78, 5) is 0. The molecule has 0 bridgehead atoms. The molecule has 0 aliphatic heterocycles. The van der Waals surface area contributed by atoms with Crippen molar-refractivity contribution in [3.05, 3.63) is 121 Å². The van der Waals surface area contributed by atoms with Crippen molar-refractivity contribution >= 4 is 37.1 Å². The summed E-state index contributed by atoms with van der Waals surface area (Å²) in [6, 6.07) is 43.6. The van der Waals surface area contributed by atoms with Crippen LogP contribution < -0.4 is 21.2 Å². The molecule has 0 aromatic heterocycles. The molecule has 0 fully saturated rings. The van der Waals surface area contributed by atoms with Gasteiger partial charge in [0, 0.05) is 16.5 Å². The average molecular weight is 515 g/mol. The summed E-state index contributed by atoms with van der Waals surface area (Å²) in [6.45, 7) is 4.53. The SMILES string of the molecule is CCCP(c1ccccc1)c1ccccc1.CCCP(c1ccccc1)c1ccccc1.[Ni]. The van der Waals surface area contributed by atoms with Gasteiger partial charge in [-0.25, -0.2) is 0 Å². The van der Waals surface area contributed by atoms with Crippen LogP contribution in [0.4, 0.5) is 0 Å². The van der Waals surface area contributed by atoms with E-state index in [2.05, 4.69) is 135 Å². The first-order chi connectivity index (χ1) is 15.8. The molecule has 0 spiro atoms. The third-order valence-electron chi connectivity index (χ3n) is 5.17. The molecule has 0 unspecified atom stereocenters. The molecule has 0 amide bonds. The summed E-state index contributed by atoms with van der Waals surface area (Å²) in [7, 11) is -0.302. The van der Waals surface area contributed by atoms with Crippen molar-refractivity contribution in [2.24, 2.45) is 0 Å². The van der Waals surface area contributed by atoms with Crippen LogP contribution in [0, 0.1) is 0 Å². The Hall–Kier alpha value is -1.77. The van der Waals surface area contributed by atoms with E-state index in [9.17, 15) is 0 Å². The number of benzene rings is 4. The zero-order valence-electron chi connectivity index (χ0n) is 19.6. The predicted octanol–water partition coefficient (Wildman–Crippen LogP) is 7.06. The number of hydrogen-bond donors (Lipinski definition) is 0. The monoisotopic (exact) mass is 514 g/mol. The molecule has 0 saturated carbocycles. The Morgan fingerprint density at radius 2 is 0.606 bits per heavy atom. The smallest absolute Gasteiger partial charge is 0 e. The second-order valence-electron chi connectivity index (χ2n) is 7.65. The fraction of sp³-hybridized carbons (Fsp3) is 0.200. The van der Waals surface area contributed by atoms with Crippen molar-refractivity contribution in [3.8, 4) is 0 Å². The van der Waals surface area contributed by atoms with Crippen LogP contribution in [0.15, 0.2) is 121 Å². The fourth-order valence-corrected chi connectivity index (χ4v) is 8.35. The molecular weight excluding hydrogens is 481 g/mol. The summed E-state index contributed by atoms with van der Waals surface area (Å²) >= 11 is 0. The van der Waals surface area contributed by atoms with E-state index in [0.717, 1.165) is 0 Å². The maximum absolute atomic E-state index is 2.27. The van der Waals surface area contributed by atoms with Gasteiger partial charge in [0.25, 0.3) is 0 Å². The third-order valence-corrected chi connectivity index (χ3v) is 10.6. The molecule has 33 heavy (non-hydrogen) atoms. The summed E-state index contributed by atoms with van der Waals surface area (Å²) in [6.07, 6.45) is 5.05. The second kappa shape index (κ2) is 16.0.